The van der Waals surface area contributed by atoms with Gasteiger partial charge in [0.2, 0.25) is 0 Å². The van der Waals surface area contributed by atoms with E-state index in [-0.39, 0.29) is 5.60 Å². The van der Waals surface area contributed by atoms with E-state index in [1.165, 1.54) is 119 Å². The average Bonchev–Trinajstić information content (AvgIpc) is 1.49. The Balaban J connectivity index is 0.876. The van der Waals surface area contributed by atoms with Crippen LogP contribution in [0.15, 0.2) is 299 Å². The Morgan fingerprint density at radius 2 is 0.762 bits per heavy atom. The van der Waals surface area contributed by atoms with Gasteiger partial charge in [-0.05, 0) is 204 Å². The van der Waals surface area contributed by atoms with Gasteiger partial charge in [-0.25, -0.2) is 0 Å². The molecule has 0 N–H and O–H groups in total. The van der Waals surface area contributed by atoms with Crippen molar-refractivity contribution >= 4 is 62.1 Å². The molecule has 0 saturated heterocycles. The number of hydrogen-bond acceptors (Lipinski definition) is 4. The van der Waals surface area contributed by atoms with Crippen molar-refractivity contribution in [1.29, 1.82) is 0 Å². The Hall–Kier alpha value is -9.32. The van der Waals surface area contributed by atoms with Gasteiger partial charge in [0.1, 0.15) is 11.4 Å². The molecule has 4 aliphatic rings. The Morgan fingerprint density at radius 3 is 1.44 bits per heavy atom. The monoisotopic (exact) mass is 1110 g/mol. The Bertz CT molecular complexity index is 4820. The number of anilines is 3. The highest BCUT2D eigenvalue weighted by atomic mass is 32.2. The molecule has 2 spiro atoms. The molecule has 0 fully saturated rings. The maximum atomic E-state index is 6.66. The van der Waals surface area contributed by atoms with Crippen molar-refractivity contribution < 1.29 is 4.74 Å². The SMILES string of the molecule is CC(C)(C)Oc1ccc2c(c1)Sc1cc(N(c3cccc(-c4cccc(-c5ccc6c(ccc7ccccc76)c5)c4)c3)c3ccc4c(c3)C3(c5ccccc5S4)c4ccccc4-c4ccccc43)ccc1C21c2ccccc2-c2ccccc21. The van der Waals surface area contributed by atoms with Gasteiger partial charge in [-0.2, -0.15) is 0 Å². The maximum Gasteiger partial charge on any atom is 0.121 e. The van der Waals surface area contributed by atoms with Crippen LogP contribution in [-0.2, 0) is 10.8 Å². The van der Waals surface area contributed by atoms with Gasteiger partial charge in [-0.15, -0.1) is 0 Å². The first kappa shape index (κ1) is 49.3. The van der Waals surface area contributed by atoms with Crippen LogP contribution in [0.2, 0.25) is 0 Å². The van der Waals surface area contributed by atoms with Crippen molar-refractivity contribution in [3.8, 4) is 50.3 Å². The third kappa shape index (κ3) is 7.27. The lowest BCUT2D eigenvalue weighted by Gasteiger charge is -2.41. The van der Waals surface area contributed by atoms with Crippen LogP contribution in [0.3, 0.4) is 0 Å². The van der Waals surface area contributed by atoms with Crippen molar-refractivity contribution in [2.75, 3.05) is 4.90 Å². The molecule has 4 heteroatoms. The van der Waals surface area contributed by atoms with E-state index >= 15 is 0 Å². The van der Waals surface area contributed by atoms with Crippen molar-refractivity contribution in [3.63, 3.8) is 0 Å². The van der Waals surface area contributed by atoms with Gasteiger partial charge in [0, 0.05) is 36.6 Å². The molecule has 0 saturated carbocycles. The van der Waals surface area contributed by atoms with Crippen LogP contribution in [0.4, 0.5) is 17.1 Å². The molecule has 0 unspecified atom stereocenters. The highest BCUT2D eigenvalue weighted by molar-refractivity contribution is 7.99. The number of rotatable bonds is 6. The van der Waals surface area contributed by atoms with Crippen LogP contribution >= 0.6 is 23.5 Å². The van der Waals surface area contributed by atoms with Crippen LogP contribution in [0.25, 0.3) is 66.1 Å². The summed E-state index contributed by atoms with van der Waals surface area (Å²) in [5.74, 6) is 0.873. The maximum absolute atomic E-state index is 6.66. The molecule has 0 bridgehead atoms. The van der Waals surface area contributed by atoms with Gasteiger partial charge in [-0.1, -0.05) is 230 Å². The van der Waals surface area contributed by atoms with E-state index in [1.54, 1.807) is 0 Å². The minimum atomic E-state index is -0.553. The first-order chi connectivity index (χ1) is 41.2. The lowest BCUT2D eigenvalue weighted by molar-refractivity contribution is 0.130. The molecular weight excluding hydrogens is 1060 g/mol. The smallest absolute Gasteiger partial charge is 0.121 e. The van der Waals surface area contributed by atoms with E-state index in [2.05, 4.69) is 305 Å². The second-order valence-corrected chi connectivity index (χ2v) is 26.0. The van der Waals surface area contributed by atoms with Crippen LogP contribution in [0.1, 0.15) is 65.3 Å². The van der Waals surface area contributed by atoms with E-state index in [4.69, 9.17) is 4.74 Å². The summed E-state index contributed by atoms with van der Waals surface area (Å²) in [7, 11) is 0. The van der Waals surface area contributed by atoms with Gasteiger partial charge >= 0.3 is 0 Å². The summed E-state index contributed by atoms with van der Waals surface area (Å²) >= 11 is 3.75. The molecule has 13 aromatic rings. The Labute approximate surface area is 499 Å². The molecule has 2 nitrogen and oxygen atoms in total. The van der Waals surface area contributed by atoms with Crippen LogP contribution in [0.5, 0.6) is 5.75 Å². The fraction of sp³-hybridized carbons (Fsp3) is 0.0750. The predicted molar refractivity (Wildman–Crippen MR) is 350 cm³/mol. The molecule has 2 aliphatic heterocycles. The van der Waals surface area contributed by atoms with E-state index in [0.717, 1.165) is 33.9 Å². The van der Waals surface area contributed by atoms with Crippen molar-refractivity contribution in [3.05, 3.63) is 324 Å². The Kier molecular flexibility index (Phi) is 10.9. The summed E-state index contributed by atoms with van der Waals surface area (Å²) in [6.07, 6.45) is 0. The summed E-state index contributed by atoms with van der Waals surface area (Å²) < 4.78 is 6.66. The zero-order valence-electron chi connectivity index (χ0n) is 46.7. The van der Waals surface area contributed by atoms with Crippen LogP contribution < -0.4 is 9.64 Å². The Morgan fingerprint density at radius 1 is 0.298 bits per heavy atom. The van der Waals surface area contributed by atoms with E-state index < -0.39 is 10.8 Å². The summed E-state index contributed by atoms with van der Waals surface area (Å²) in [5, 5.41) is 5.06. The second-order valence-electron chi connectivity index (χ2n) is 23.8. The van der Waals surface area contributed by atoms with Gasteiger partial charge in [0.05, 0.1) is 10.8 Å². The molecule has 84 heavy (non-hydrogen) atoms. The highest BCUT2D eigenvalue weighted by Gasteiger charge is 2.52. The molecule has 2 aliphatic carbocycles. The predicted octanol–water partition coefficient (Wildman–Crippen LogP) is 21.6. The summed E-state index contributed by atoms with van der Waals surface area (Å²) in [4.78, 5) is 7.49. The fourth-order valence-corrected chi connectivity index (χ4v) is 17.2. The lowest BCUT2D eigenvalue weighted by atomic mass is 9.67. The van der Waals surface area contributed by atoms with Gasteiger partial charge < -0.3 is 9.64 Å². The topological polar surface area (TPSA) is 12.5 Å². The molecule has 17 rings (SSSR count). The molecule has 398 valence electrons. The molecule has 13 aromatic carbocycles. The lowest BCUT2D eigenvalue weighted by Crippen LogP contribution is -2.32. The van der Waals surface area contributed by atoms with Gasteiger partial charge in [-0.3, -0.25) is 0 Å². The van der Waals surface area contributed by atoms with Crippen molar-refractivity contribution in [1.82, 2.24) is 0 Å². The molecule has 2 heterocycles. The van der Waals surface area contributed by atoms with Gasteiger partial charge in [0.25, 0.3) is 0 Å². The molecule has 0 radical (unpaired) electrons. The highest BCUT2D eigenvalue weighted by Crippen LogP contribution is 2.65. The van der Waals surface area contributed by atoms with Crippen molar-refractivity contribution in [2.24, 2.45) is 0 Å². The number of ether oxygens (including phenoxy) is 1. The fourth-order valence-electron chi connectivity index (χ4n) is 14.8. The minimum absolute atomic E-state index is 0.359. The number of nitrogens with zero attached hydrogens (tertiary/aromatic N) is 1. The van der Waals surface area contributed by atoms with Crippen LogP contribution in [-0.4, -0.2) is 5.60 Å². The third-order valence-electron chi connectivity index (χ3n) is 18.0. The van der Waals surface area contributed by atoms with E-state index in [0.29, 0.717) is 0 Å². The zero-order valence-corrected chi connectivity index (χ0v) is 48.4. The van der Waals surface area contributed by atoms with Crippen molar-refractivity contribution in [2.45, 2.75) is 56.8 Å². The number of fused-ring (bicyclic) bond motifs is 21. The van der Waals surface area contributed by atoms with Crippen LogP contribution in [0, 0.1) is 0 Å². The molecular formula is C80H55NOS2. The second kappa shape index (κ2) is 18.6. The zero-order chi connectivity index (χ0) is 55.9. The summed E-state index contributed by atoms with van der Waals surface area (Å²) in [5.41, 5.74) is 22.1. The minimum Gasteiger partial charge on any atom is -0.488 e. The summed E-state index contributed by atoms with van der Waals surface area (Å²) in [6, 6.07) is 105. The standard InChI is InChI=1S/C80H55NOS2/c1-78(2,3)82-59-39-42-72-77(49-59)84-76-48-58(37-41-71(76)79(72)66-28-10-6-24-62(66)63-25-7-11-29-67(63)79)81(56-22-17-21-53(46-56)51-19-16-20-52(44-51)54-36-40-61-55(45-54)35-34-50-18-4-5-23-60(50)61)57-38-43-75-73(47-57)80(70-32-14-15-33-74(70)83-75)68-30-12-8-26-64(68)65-27-9-13-31-69(65)80/h4-49H,1-3H3. The first-order valence-corrected chi connectivity index (χ1v) is 30.7. The molecule has 0 amide bonds. The van der Waals surface area contributed by atoms with E-state index in [1.807, 2.05) is 23.5 Å². The van der Waals surface area contributed by atoms with Gasteiger partial charge in [0.15, 0.2) is 0 Å². The number of benzene rings is 13. The molecule has 0 atom stereocenters. The summed E-state index contributed by atoms with van der Waals surface area (Å²) in [6.45, 7) is 6.38. The first-order valence-electron chi connectivity index (χ1n) is 29.1. The quantitative estimate of drug-likeness (QED) is 0.154. The normalized spacial score (nSPS) is 14.2. The van der Waals surface area contributed by atoms with E-state index in [9.17, 15) is 0 Å². The number of hydrogen-bond donors (Lipinski definition) is 0. The largest absolute Gasteiger partial charge is 0.488 e. The third-order valence-corrected chi connectivity index (χ3v) is 20.3. The molecule has 0 aromatic heterocycles. The average molecular weight is 1110 g/mol.